The minimum absolute atomic E-state index is 0.0318. The van der Waals surface area contributed by atoms with E-state index in [0.29, 0.717) is 0 Å². The Labute approximate surface area is 639 Å². The van der Waals surface area contributed by atoms with Crippen LogP contribution in [-0.4, -0.2) is 261 Å². The maximum absolute atomic E-state index is 14.5. The fourth-order valence-electron chi connectivity index (χ4n) is 10.2. The lowest BCUT2D eigenvalue weighted by molar-refractivity contribution is -0.143. The molecule has 0 aliphatic carbocycles. The average molecular weight is 1590 g/mol. The number of guanidine groups is 1. The van der Waals surface area contributed by atoms with Crippen LogP contribution in [0.3, 0.4) is 0 Å². The van der Waals surface area contributed by atoms with Gasteiger partial charge in [0.1, 0.15) is 72.5 Å². The number of nitrogens with zero attached hydrogens (tertiary/aromatic N) is 1. The van der Waals surface area contributed by atoms with Crippen molar-refractivity contribution in [1.29, 1.82) is 0 Å². The molecule has 628 valence electrons. The van der Waals surface area contributed by atoms with Crippen molar-refractivity contribution in [3.05, 3.63) is 0 Å². The zero-order chi connectivity index (χ0) is 85.1. The molecule has 111 heavy (non-hydrogen) atoms. The molecule has 0 spiro atoms. The summed E-state index contributed by atoms with van der Waals surface area (Å²) in [6, 6.07) is -21.9. The van der Waals surface area contributed by atoms with Crippen LogP contribution in [0.1, 0.15) is 151 Å². The standard InChI is InChI=1S/C65H114N22O24/c1-8-31(6)50(86-57(103)36(15-19-44(69)92)78-55(101)35(14-18-43(68)91)80-63(109)51(32(7)90)87-52(98)33(67)12-11-23-74-65(72)73)62(108)83-39(24-29(2)3)58(104)77-34(13-9-10-22-66)54(100)82-40(25-46(71)94)59(105)84-41(27-88)53(99)75-26-47(95)76-42(28-89)60(106)79-37(17-21-48(96)97)56(102)85-49(30(4)5)61(107)81-38(64(110)111)16-20-45(70)93/h29-42,49-51,88-90H,8-28,66-67H2,1-7H3,(H2,68,91)(H2,69,92)(H2,70,93)(H2,71,94)(H,75,99)(H,76,95)(H,77,104)(H,78,101)(H,79,106)(H,80,109)(H,81,107)(H,82,100)(H,83,108)(H,84,105)(H,85,102)(H,86,103)(H,87,98)(H,96,97)(H,110,111)(H4,72,73,74)/t31-,32+,33-,34-,35-,36-,37-,38-,39-,40-,41-,42-,49-,50-,51-/m0/s1. The third kappa shape index (κ3) is 40.3. The topological polar surface area (TPSA) is 802 Å². The second-order valence-corrected chi connectivity index (χ2v) is 26.9. The van der Waals surface area contributed by atoms with E-state index in [1.807, 2.05) is 5.32 Å². The number of aliphatic hydroxyl groups is 3. The summed E-state index contributed by atoms with van der Waals surface area (Å²) in [4.78, 5) is 254. The fourth-order valence-corrected chi connectivity index (χ4v) is 10.2. The van der Waals surface area contributed by atoms with Crippen molar-refractivity contribution >= 4 is 118 Å². The predicted molar refractivity (Wildman–Crippen MR) is 390 cm³/mol. The predicted octanol–water partition coefficient (Wildman–Crippen LogP) is -11.8. The van der Waals surface area contributed by atoms with Crippen LogP contribution in [0.4, 0.5) is 0 Å². The van der Waals surface area contributed by atoms with E-state index in [4.69, 9.17) is 45.9 Å². The highest BCUT2D eigenvalue weighted by atomic mass is 16.4. The van der Waals surface area contributed by atoms with Crippen LogP contribution in [-0.2, 0) is 91.1 Å². The zero-order valence-electron chi connectivity index (χ0n) is 63.2. The molecule has 0 unspecified atom stereocenters. The first-order chi connectivity index (χ1) is 51.8. The van der Waals surface area contributed by atoms with Gasteiger partial charge in [-0.05, 0) is 95.4 Å². The lowest BCUT2D eigenvalue weighted by Gasteiger charge is -2.30. The van der Waals surface area contributed by atoms with E-state index in [1.165, 1.54) is 20.8 Å². The molecule has 46 nitrogen and oxygen atoms in total. The molecule has 0 radical (unpaired) electrons. The molecule has 0 aromatic heterocycles. The minimum atomic E-state index is -1.98. The smallest absolute Gasteiger partial charge is 0.326 e. The summed E-state index contributed by atoms with van der Waals surface area (Å²) in [5, 5.41) is 79.6. The summed E-state index contributed by atoms with van der Waals surface area (Å²) in [6.07, 6.45) is -6.48. The normalized spacial score (nSPS) is 15.1. The van der Waals surface area contributed by atoms with Crippen molar-refractivity contribution in [2.75, 3.05) is 32.8 Å². The van der Waals surface area contributed by atoms with Gasteiger partial charge in [0.15, 0.2) is 5.96 Å². The second kappa shape index (κ2) is 52.2. The van der Waals surface area contributed by atoms with Crippen molar-refractivity contribution in [2.45, 2.75) is 236 Å². The first-order valence-corrected chi connectivity index (χ1v) is 35.7. The summed E-state index contributed by atoms with van der Waals surface area (Å²) in [6.45, 7) is 7.26. The molecule has 0 rings (SSSR count). The Hall–Kier alpha value is -11.0. The number of amides is 17. The van der Waals surface area contributed by atoms with Crippen molar-refractivity contribution in [2.24, 2.45) is 68.6 Å². The third-order valence-electron chi connectivity index (χ3n) is 16.6. The SMILES string of the molecule is CC[C@H](C)[C@H](NC(=O)[C@H](CCC(N)=O)NC(=O)[C@H](CCC(N)=O)NC(=O)[C@@H](NC(=O)[C@@H](N)CCCN=C(N)N)[C@@H](C)O)C(=O)N[C@@H](CC(C)C)C(=O)N[C@@H](CCCCN)C(=O)N[C@@H](CC(N)=O)C(=O)N[C@@H](CO)C(=O)NCC(=O)N[C@@H](CO)C(=O)N[C@@H](CCC(=O)O)C(=O)N[C@H](C(=O)N[C@@H](CCC(N)=O)C(=O)O)C(C)C. The molecular weight excluding hydrogens is 1470 g/mol. The molecule has 0 aromatic rings. The van der Waals surface area contributed by atoms with Crippen LogP contribution in [0.2, 0.25) is 0 Å². The van der Waals surface area contributed by atoms with E-state index >= 15 is 0 Å². The number of carbonyl (C=O) groups excluding carboxylic acids is 17. The van der Waals surface area contributed by atoms with Crippen LogP contribution in [0.25, 0.3) is 0 Å². The molecule has 0 fully saturated rings. The van der Waals surface area contributed by atoms with Crippen molar-refractivity contribution < 1.29 is 117 Å². The summed E-state index contributed by atoms with van der Waals surface area (Å²) in [5.74, 6) is -24.0. The number of nitrogens with one attached hydrogen (secondary N) is 13. The summed E-state index contributed by atoms with van der Waals surface area (Å²) >= 11 is 0. The maximum atomic E-state index is 14.5. The lowest BCUT2D eigenvalue weighted by Crippen LogP contribution is -2.62. The number of aliphatic carboxylic acids is 2. The Bertz CT molecular complexity index is 3250. The van der Waals surface area contributed by atoms with Gasteiger partial charge in [-0.1, -0.05) is 48.0 Å². The lowest BCUT2D eigenvalue weighted by atomic mass is 9.96. The van der Waals surface area contributed by atoms with Gasteiger partial charge in [0.2, 0.25) is 100 Å². The summed E-state index contributed by atoms with van der Waals surface area (Å²) < 4.78 is 0. The van der Waals surface area contributed by atoms with Gasteiger partial charge in [0.25, 0.3) is 0 Å². The number of primary amides is 4. The number of carboxylic acid groups (broad SMARTS) is 2. The number of hydrogen-bond acceptors (Lipinski definition) is 25. The molecule has 34 N–H and O–H groups in total. The molecule has 0 heterocycles. The molecular formula is C65H114N22O24. The maximum Gasteiger partial charge on any atom is 0.326 e. The molecule has 46 heteroatoms. The average Bonchev–Trinajstić information content (AvgIpc) is 0.853. The Kier molecular flexibility index (Phi) is 47.0. The van der Waals surface area contributed by atoms with Crippen molar-refractivity contribution in [3.8, 4) is 0 Å². The fraction of sp³-hybridized carbons (Fsp3) is 0.692. The second-order valence-electron chi connectivity index (χ2n) is 26.9. The highest BCUT2D eigenvalue weighted by Gasteiger charge is 2.39. The number of aliphatic hydroxyl groups excluding tert-OH is 3. The highest BCUT2D eigenvalue weighted by Crippen LogP contribution is 2.15. The summed E-state index contributed by atoms with van der Waals surface area (Å²) in [5.41, 5.74) is 43.7. The van der Waals surface area contributed by atoms with Crippen molar-refractivity contribution in [3.63, 3.8) is 0 Å². The Morgan fingerprint density at radius 1 is 0.396 bits per heavy atom. The monoisotopic (exact) mass is 1590 g/mol. The molecule has 0 aliphatic rings. The van der Waals surface area contributed by atoms with Gasteiger partial charge < -0.3 is 141 Å². The minimum Gasteiger partial charge on any atom is -0.481 e. The highest BCUT2D eigenvalue weighted by molar-refractivity contribution is 6.01. The number of carboxylic acids is 2. The quantitative estimate of drug-likeness (QED) is 0.0153. The van der Waals surface area contributed by atoms with Gasteiger partial charge in [-0.15, -0.1) is 0 Å². The van der Waals surface area contributed by atoms with Crippen LogP contribution < -0.4 is 115 Å². The molecule has 0 saturated heterocycles. The van der Waals surface area contributed by atoms with E-state index < -0.39 is 292 Å². The number of unbranched alkanes of at least 4 members (excludes halogenated alkanes) is 1. The Morgan fingerprint density at radius 3 is 1.23 bits per heavy atom. The molecule has 0 aromatic carbocycles. The number of rotatable bonds is 57. The van der Waals surface area contributed by atoms with E-state index in [2.05, 4.69) is 68.8 Å². The van der Waals surface area contributed by atoms with Crippen LogP contribution in [0.15, 0.2) is 4.99 Å². The number of aliphatic imine (C=N–C) groups is 1. The van der Waals surface area contributed by atoms with Gasteiger partial charge in [-0.2, -0.15) is 0 Å². The molecule has 0 bridgehead atoms. The molecule has 0 aliphatic heterocycles. The van der Waals surface area contributed by atoms with Gasteiger partial charge in [-0.25, -0.2) is 4.79 Å². The van der Waals surface area contributed by atoms with E-state index in [-0.39, 0.29) is 64.0 Å². The van der Waals surface area contributed by atoms with E-state index in [0.717, 1.165) is 6.92 Å². The van der Waals surface area contributed by atoms with E-state index in [1.54, 1.807) is 20.8 Å². The largest absolute Gasteiger partial charge is 0.481 e. The first-order valence-electron chi connectivity index (χ1n) is 35.7. The zero-order valence-corrected chi connectivity index (χ0v) is 63.2. The third-order valence-corrected chi connectivity index (χ3v) is 16.6. The van der Waals surface area contributed by atoms with Crippen LogP contribution in [0.5, 0.6) is 0 Å². The van der Waals surface area contributed by atoms with Gasteiger partial charge >= 0.3 is 11.9 Å². The van der Waals surface area contributed by atoms with Gasteiger partial charge in [-0.3, -0.25) is 91.3 Å². The first kappa shape index (κ1) is 100. The number of hydrogen-bond donors (Lipinski definition) is 26. The van der Waals surface area contributed by atoms with E-state index in [9.17, 15) is 117 Å². The molecule has 0 saturated carbocycles. The number of carbonyl (C=O) groups is 19. The summed E-state index contributed by atoms with van der Waals surface area (Å²) in [7, 11) is 0. The molecule has 15 atom stereocenters. The van der Waals surface area contributed by atoms with Gasteiger partial charge in [0.05, 0.1) is 38.3 Å². The number of nitrogens with two attached hydrogens (primary N) is 8. The molecule has 17 amide bonds. The Balaban J connectivity index is 6.77. The van der Waals surface area contributed by atoms with Gasteiger partial charge in [0, 0.05) is 32.2 Å². The van der Waals surface area contributed by atoms with Crippen molar-refractivity contribution in [1.82, 2.24) is 69.1 Å². The Morgan fingerprint density at radius 2 is 0.784 bits per heavy atom. The van der Waals surface area contributed by atoms with Crippen LogP contribution >= 0.6 is 0 Å². The van der Waals surface area contributed by atoms with Crippen LogP contribution in [0, 0.1) is 17.8 Å².